The summed E-state index contributed by atoms with van der Waals surface area (Å²) in [6.07, 6.45) is 1.65. The van der Waals surface area contributed by atoms with Gasteiger partial charge in [-0.3, -0.25) is 0 Å². The molecule has 0 radical (unpaired) electrons. The average Bonchev–Trinajstić information content (AvgIpc) is 2.81. The van der Waals surface area contributed by atoms with E-state index in [0.29, 0.717) is 6.54 Å². The summed E-state index contributed by atoms with van der Waals surface area (Å²) in [7, 11) is 0. The Bertz CT molecular complexity index is 442. The van der Waals surface area contributed by atoms with Crippen LogP contribution in [0.5, 0.6) is 0 Å². The van der Waals surface area contributed by atoms with Gasteiger partial charge in [0.05, 0.1) is 12.3 Å². The standard InChI is InChI=1S/C12H13BrN2O/c13-9-4-1-2-5-10(9)15-11(8-14)12-6-3-7-16-12/h1-7,11,15H,8,14H2. The maximum absolute atomic E-state index is 5.72. The van der Waals surface area contributed by atoms with E-state index in [1.807, 2.05) is 36.4 Å². The normalized spacial score (nSPS) is 12.4. The molecular weight excluding hydrogens is 268 g/mol. The van der Waals surface area contributed by atoms with E-state index in [1.165, 1.54) is 0 Å². The summed E-state index contributed by atoms with van der Waals surface area (Å²) in [5, 5.41) is 3.33. The van der Waals surface area contributed by atoms with Crippen molar-refractivity contribution in [2.24, 2.45) is 5.73 Å². The van der Waals surface area contributed by atoms with Gasteiger partial charge in [-0.25, -0.2) is 0 Å². The Morgan fingerprint density at radius 1 is 1.25 bits per heavy atom. The van der Waals surface area contributed by atoms with E-state index >= 15 is 0 Å². The zero-order valence-electron chi connectivity index (χ0n) is 8.69. The molecule has 0 aliphatic carbocycles. The molecule has 1 unspecified atom stereocenters. The second kappa shape index (κ2) is 5.18. The minimum atomic E-state index is -0.00583. The summed E-state index contributed by atoms with van der Waals surface area (Å²) >= 11 is 3.48. The van der Waals surface area contributed by atoms with Crippen molar-refractivity contribution in [1.29, 1.82) is 0 Å². The first-order valence-electron chi connectivity index (χ1n) is 5.06. The monoisotopic (exact) mass is 280 g/mol. The third-order valence-electron chi connectivity index (χ3n) is 2.33. The molecule has 0 fully saturated rings. The van der Waals surface area contributed by atoms with Gasteiger partial charge in [0, 0.05) is 16.7 Å². The maximum Gasteiger partial charge on any atom is 0.127 e. The Morgan fingerprint density at radius 3 is 2.69 bits per heavy atom. The lowest BCUT2D eigenvalue weighted by Gasteiger charge is -2.16. The molecule has 3 nitrogen and oxygen atoms in total. The van der Waals surface area contributed by atoms with Gasteiger partial charge in [-0.2, -0.15) is 0 Å². The molecule has 0 amide bonds. The molecule has 1 aromatic heterocycles. The van der Waals surface area contributed by atoms with E-state index in [-0.39, 0.29) is 6.04 Å². The first-order chi connectivity index (χ1) is 7.81. The first-order valence-corrected chi connectivity index (χ1v) is 5.85. The molecule has 1 heterocycles. The fourth-order valence-corrected chi connectivity index (χ4v) is 1.90. The molecule has 2 rings (SSSR count). The molecule has 0 aliphatic rings. The van der Waals surface area contributed by atoms with Crippen LogP contribution < -0.4 is 11.1 Å². The van der Waals surface area contributed by atoms with Gasteiger partial charge in [0.2, 0.25) is 0 Å². The predicted octanol–water partition coefficient (Wildman–Crippen LogP) is 3.15. The Labute approximate surface area is 103 Å². The number of hydrogen-bond donors (Lipinski definition) is 2. The summed E-state index contributed by atoms with van der Waals surface area (Å²) in [4.78, 5) is 0. The van der Waals surface area contributed by atoms with Gasteiger partial charge < -0.3 is 15.5 Å². The zero-order valence-corrected chi connectivity index (χ0v) is 10.3. The van der Waals surface area contributed by atoms with Crippen LogP contribution in [0.15, 0.2) is 51.6 Å². The Hall–Kier alpha value is -1.26. The van der Waals surface area contributed by atoms with Crippen molar-refractivity contribution < 1.29 is 4.42 Å². The van der Waals surface area contributed by atoms with Gasteiger partial charge in [-0.05, 0) is 40.2 Å². The Balaban J connectivity index is 2.17. The van der Waals surface area contributed by atoms with Gasteiger partial charge in [-0.1, -0.05) is 12.1 Å². The lowest BCUT2D eigenvalue weighted by atomic mass is 10.2. The molecule has 0 saturated heterocycles. The molecule has 3 N–H and O–H groups in total. The van der Waals surface area contributed by atoms with Crippen LogP contribution in [-0.4, -0.2) is 6.54 Å². The van der Waals surface area contributed by atoms with Crippen molar-refractivity contribution in [3.8, 4) is 0 Å². The highest BCUT2D eigenvalue weighted by Gasteiger charge is 2.12. The lowest BCUT2D eigenvalue weighted by molar-refractivity contribution is 0.481. The number of anilines is 1. The molecular formula is C12H13BrN2O. The summed E-state index contributed by atoms with van der Waals surface area (Å²) in [5.74, 6) is 0.846. The van der Waals surface area contributed by atoms with E-state index in [2.05, 4.69) is 21.2 Å². The first kappa shape index (κ1) is 11.2. The number of para-hydroxylation sites is 1. The predicted molar refractivity (Wildman–Crippen MR) is 68.3 cm³/mol. The Kier molecular flexibility index (Phi) is 3.64. The summed E-state index contributed by atoms with van der Waals surface area (Å²) < 4.78 is 6.35. The molecule has 1 atom stereocenters. The van der Waals surface area contributed by atoms with Crippen molar-refractivity contribution in [3.05, 3.63) is 52.9 Å². The van der Waals surface area contributed by atoms with Gasteiger partial charge >= 0.3 is 0 Å². The van der Waals surface area contributed by atoms with Crippen LogP contribution >= 0.6 is 15.9 Å². The van der Waals surface area contributed by atoms with Gasteiger partial charge in [0.1, 0.15) is 5.76 Å². The fourth-order valence-electron chi connectivity index (χ4n) is 1.50. The smallest absolute Gasteiger partial charge is 0.127 e. The average molecular weight is 281 g/mol. The van der Waals surface area contributed by atoms with Crippen LogP contribution in [0, 0.1) is 0 Å². The fraction of sp³-hybridized carbons (Fsp3) is 0.167. The van der Waals surface area contributed by atoms with E-state index in [9.17, 15) is 0 Å². The molecule has 16 heavy (non-hydrogen) atoms. The minimum absolute atomic E-state index is 0.00583. The number of nitrogens with two attached hydrogens (primary N) is 1. The van der Waals surface area contributed by atoms with Crippen molar-refractivity contribution >= 4 is 21.6 Å². The summed E-state index contributed by atoms with van der Waals surface area (Å²) in [6, 6.07) is 11.7. The quantitative estimate of drug-likeness (QED) is 0.905. The van der Waals surface area contributed by atoms with E-state index in [1.54, 1.807) is 6.26 Å². The third kappa shape index (κ3) is 2.46. The number of benzene rings is 1. The second-order valence-electron chi connectivity index (χ2n) is 3.43. The number of nitrogens with one attached hydrogen (secondary N) is 1. The van der Waals surface area contributed by atoms with Crippen molar-refractivity contribution in [1.82, 2.24) is 0 Å². The molecule has 4 heteroatoms. The highest BCUT2D eigenvalue weighted by Crippen LogP contribution is 2.25. The molecule has 0 spiro atoms. The minimum Gasteiger partial charge on any atom is -0.467 e. The topological polar surface area (TPSA) is 51.2 Å². The van der Waals surface area contributed by atoms with Crippen LogP contribution in [0.25, 0.3) is 0 Å². The Morgan fingerprint density at radius 2 is 2.06 bits per heavy atom. The zero-order chi connectivity index (χ0) is 11.4. The lowest BCUT2D eigenvalue weighted by Crippen LogP contribution is -2.20. The molecule has 2 aromatic rings. The molecule has 1 aromatic carbocycles. The molecule has 0 aliphatic heterocycles. The summed E-state index contributed by atoms with van der Waals surface area (Å²) in [6.45, 7) is 0.481. The third-order valence-corrected chi connectivity index (χ3v) is 3.02. The van der Waals surface area contributed by atoms with Gasteiger partial charge in [0.25, 0.3) is 0 Å². The highest BCUT2D eigenvalue weighted by molar-refractivity contribution is 9.10. The largest absolute Gasteiger partial charge is 0.467 e. The van der Waals surface area contributed by atoms with E-state index in [4.69, 9.17) is 10.2 Å². The maximum atomic E-state index is 5.72. The summed E-state index contributed by atoms with van der Waals surface area (Å²) in [5.41, 5.74) is 6.73. The van der Waals surface area contributed by atoms with Crippen LogP contribution in [0.3, 0.4) is 0 Å². The van der Waals surface area contributed by atoms with Gasteiger partial charge in [-0.15, -0.1) is 0 Å². The molecule has 0 bridgehead atoms. The highest BCUT2D eigenvalue weighted by atomic mass is 79.9. The van der Waals surface area contributed by atoms with Crippen molar-refractivity contribution in [2.75, 3.05) is 11.9 Å². The van der Waals surface area contributed by atoms with E-state index in [0.717, 1.165) is 15.9 Å². The van der Waals surface area contributed by atoms with E-state index < -0.39 is 0 Å². The van der Waals surface area contributed by atoms with Crippen molar-refractivity contribution in [2.45, 2.75) is 6.04 Å². The molecule has 84 valence electrons. The number of halogens is 1. The van der Waals surface area contributed by atoms with Crippen LogP contribution in [0.4, 0.5) is 5.69 Å². The number of rotatable bonds is 4. The number of hydrogen-bond acceptors (Lipinski definition) is 3. The number of furan rings is 1. The van der Waals surface area contributed by atoms with Gasteiger partial charge in [0.15, 0.2) is 0 Å². The van der Waals surface area contributed by atoms with Crippen LogP contribution in [0.1, 0.15) is 11.8 Å². The van der Waals surface area contributed by atoms with Crippen LogP contribution in [0.2, 0.25) is 0 Å². The van der Waals surface area contributed by atoms with Crippen molar-refractivity contribution in [3.63, 3.8) is 0 Å². The second-order valence-corrected chi connectivity index (χ2v) is 4.28. The molecule has 0 saturated carbocycles. The van der Waals surface area contributed by atoms with Crippen LogP contribution in [-0.2, 0) is 0 Å². The SMILES string of the molecule is NCC(Nc1ccccc1Br)c1ccco1.